The smallest absolute Gasteiger partial charge is 0.122 e. The molecule has 0 spiro atoms. The van der Waals surface area contributed by atoms with Gasteiger partial charge in [0.15, 0.2) is 0 Å². The van der Waals surface area contributed by atoms with Gasteiger partial charge in [0.25, 0.3) is 0 Å². The summed E-state index contributed by atoms with van der Waals surface area (Å²) in [6.45, 7) is 0. The Kier molecular flexibility index (Phi) is 3.83. The maximum absolute atomic E-state index is 5.38. The number of ether oxygens (including phenoxy) is 1. The Hall–Kier alpha value is -1.02. The molecule has 1 aliphatic carbocycles. The van der Waals surface area contributed by atoms with E-state index in [2.05, 4.69) is 24.5 Å². The minimum Gasteiger partial charge on any atom is -0.496 e. The van der Waals surface area contributed by atoms with Crippen molar-refractivity contribution in [3.63, 3.8) is 0 Å². The molecule has 1 unspecified atom stereocenters. The summed E-state index contributed by atoms with van der Waals surface area (Å²) < 4.78 is 5.38. The van der Waals surface area contributed by atoms with Crippen molar-refractivity contribution in [1.82, 2.24) is 5.32 Å². The Balaban J connectivity index is 1.99. The van der Waals surface area contributed by atoms with Gasteiger partial charge in [-0.15, -0.1) is 0 Å². The predicted octanol–water partition coefficient (Wildman–Crippen LogP) is 2.63. The summed E-state index contributed by atoms with van der Waals surface area (Å²) in [6.07, 6.45) is 5.21. The van der Waals surface area contributed by atoms with Crippen molar-refractivity contribution < 1.29 is 4.74 Å². The molecule has 1 aromatic carbocycles. The molecule has 2 rings (SSSR count). The van der Waals surface area contributed by atoms with Crippen LogP contribution in [0.5, 0.6) is 5.75 Å². The molecule has 0 saturated heterocycles. The van der Waals surface area contributed by atoms with Gasteiger partial charge in [-0.25, -0.2) is 0 Å². The van der Waals surface area contributed by atoms with Crippen molar-refractivity contribution >= 4 is 0 Å². The van der Waals surface area contributed by atoms with Gasteiger partial charge in [-0.2, -0.15) is 0 Å². The van der Waals surface area contributed by atoms with E-state index < -0.39 is 0 Å². The van der Waals surface area contributed by atoms with Crippen LogP contribution in [0.3, 0.4) is 0 Å². The number of hydrogen-bond donors (Lipinski definition) is 1. The Labute approximate surface area is 98.0 Å². The fourth-order valence-corrected chi connectivity index (χ4v) is 2.20. The Bertz CT molecular complexity index is 333. The van der Waals surface area contributed by atoms with Crippen LogP contribution in [0.1, 0.15) is 24.8 Å². The van der Waals surface area contributed by atoms with Crippen molar-refractivity contribution in [1.29, 1.82) is 0 Å². The first-order valence-corrected chi connectivity index (χ1v) is 6.12. The standard InChI is InChI=1S/C14H21NO/c1-15-13(9-11-7-8-11)10-12-5-3-4-6-14(12)16-2/h3-6,11,13,15H,7-10H2,1-2H3. The summed E-state index contributed by atoms with van der Waals surface area (Å²) in [7, 11) is 3.80. The molecule has 0 aromatic heterocycles. The van der Waals surface area contributed by atoms with E-state index in [4.69, 9.17) is 4.74 Å². The molecule has 0 bridgehead atoms. The second-order valence-corrected chi connectivity index (χ2v) is 4.68. The molecular formula is C14H21NO. The number of nitrogens with one attached hydrogen (secondary N) is 1. The molecule has 1 atom stereocenters. The number of benzene rings is 1. The first kappa shape index (κ1) is 11.5. The van der Waals surface area contributed by atoms with Crippen molar-refractivity contribution in [2.45, 2.75) is 31.7 Å². The second-order valence-electron chi connectivity index (χ2n) is 4.68. The first-order chi connectivity index (χ1) is 7.83. The van der Waals surface area contributed by atoms with Crippen LogP contribution in [0.2, 0.25) is 0 Å². The Morgan fingerprint density at radius 1 is 1.38 bits per heavy atom. The van der Waals surface area contributed by atoms with Crippen molar-refractivity contribution in [3.05, 3.63) is 29.8 Å². The van der Waals surface area contributed by atoms with E-state index in [-0.39, 0.29) is 0 Å². The monoisotopic (exact) mass is 219 g/mol. The van der Waals surface area contributed by atoms with Crippen LogP contribution < -0.4 is 10.1 Å². The Morgan fingerprint density at radius 2 is 2.12 bits per heavy atom. The number of para-hydroxylation sites is 1. The lowest BCUT2D eigenvalue weighted by atomic mass is 10.0. The van der Waals surface area contributed by atoms with Gasteiger partial charge in [0.1, 0.15) is 5.75 Å². The van der Waals surface area contributed by atoms with E-state index >= 15 is 0 Å². The predicted molar refractivity (Wildman–Crippen MR) is 66.9 cm³/mol. The number of rotatable bonds is 6. The Morgan fingerprint density at radius 3 is 2.75 bits per heavy atom. The van der Waals surface area contributed by atoms with E-state index in [0.29, 0.717) is 6.04 Å². The van der Waals surface area contributed by atoms with Crippen LogP contribution >= 0.6 is 0 Å². The summed E-state index contributed by atoms with van der Waals surface area (Å²) in [5.41, 5.74) is 1.31. The summed E-state index contributed by atoms with van der Waals surface area (Å²) in [6, 6.07) is 8.90. The fraction of sp³-hybridized carbons (Fsp3) is 0.571. The number of hydrogen-bond acceptors (Lipinski definition) is 2. The average molecular weight is 219 g/mol. The molecule has 2 heteroatoms. The van der Waals surface area contributed by atoms with Crippen LogP contribution in [-0.2, 0) is 6.42 Å². The molecular weight excluding hydrogens is 198 g/mol. The summed E-state index contributed by atoms with van der Waals surface area (Å²) >= 11 is 0. The van der Waals surface area contributed by atoms with Crippen LogP contribution in [0, 0.1) is 5.92 Å². The highest BCUT2D eigenvalue weighted by Gasteiger charge is 2.25. The van der Waals surface area contributed by atoms with E-state index in [1.165, 1.54) is 24.8 Å². The van der Waals surface area contributed by atoms with Gasteiger partial charge in [0, 0.05) is 6.04 Å². The van der Waals surface area contributed by atoms with Gasteiger partial charge < -0.3 is 10.1 Å². The van der Waals surface area contributed by atoms with E-state index in [1.807, 2.05) is 12.1 Å². The van der Waals surface area contributed by atoms with Crippen LogP contribution in [0.4, 0.5) is 0 Å². The molecule has 16 heavy (non-hydrogen) atoms. The molecule has 1 aliphatic rings. The molecule has 0 aliphatic heterocycles. The molecule has 0 heterocycles. The largest absolute Gasteiger partial charge is 0.496 e. The third-order valence-corrected chi connectivity index (χ3v) is 3.38. The molecule has 88 valence electrons. The lowest BCUT2D eigenvalue weighted by molar-refractivity contribution is 0.403. The zero-order chi connectivity index (χ0) is 11.4. The topological polar surface area (TPSA) is 21.3 Å². The minimum absolute atomic E-state index is 0.587. The lowest BCUT2D eigenvalue weighted by Crippen LogP contribution is -2.28. The van der Waals surface area contributed by atoms with Crippen LogP contribution in [0.25, 0.3) is 0 Å². The summed E-state index contributed by atoms with van der Waals surface area (Å²) in [4.78, 5) is 0. The highest BCUT2D eigenvalue weighted by Crippen LogP contribution is 2.34. The zero-order valence-corrected chi connectivity index (χ0v) is 10.2. The van der Waals surface area contributed by atoms with Gasteiger partial charge in [0.05, 0.1) is 7.11 Å². The highest BCUT2D eigenvalue weighted by molar-refractivity contribution is 5.33. The zero-order valence-electron chi connectivity index (χ0n) is 10.2. The van der Waals surface area contributed by atoms with Gasteiger partial charge in [-0.05, 0) is 37.4 Å². The van der Waals surface area contributed by atoms with E-state index in [1.54, 1.807) is 7.11 Å². The summed E-state index contributed by atoms with van der Waals surface area (Å²) in [5, 5.41) is 3.42. The van der Waals surface area contributed by atoms with Crippen molar-refractivity contribution in [2.24, 2.45) is 5.92 Å². The SMILES string of the molecule is CNC(Cc1ccccc1OC)CC1CC1. The number of methoxy groups -OCH3 is 1. The van der Waals surface area contributed by atoms with Gasteiger partial charge >= 0.3 is 0 Å². The summed E-state index contributed by atoms with van der Waals surface area (Å²) in [5.74, 6) is 1.98. The molecule has 1 aromatic rings. The van der Waals surface area contributed by atoms with Gasteiger partial charge in [-0.3, -0.25) is 0 Å². The fourth-order valence-electron chi connectivity index (χ4n) is 2.20. The molecule has 0 radical (unpaired) electrons. The third kappa shape index (κ3) is 2.99. The van der Waals surface area contributed by atoms with Crippen LogP contribution in [0.15, 0.2) is 24.3 Å². The molecule has 1 fully saturated rings. The second kappa shape index (κ2) is 5.35. The normalized spacial score (nSPS) is 17.1. The average Bonchev–Trinajstić information content (AvgIpc) is 3.13. The lowest BCUT2D eigenvalue weighted by Gasteiger charge is -2.17. The maximum atomic E-state index is 5.38. The first-order valence-electron chi connectivity index (χ1n) is 6.12. The third-order valence-electron chi connectivity index (χ3n) is 3.38. The van der Waals surface area contributed by atoms with Crippen LogP contribution in [-0.4, -0.2) is 20.2 Å². The highest BCUT2D eigenvalue weighted by atomic mass is 16.5. The molecule has 0 amide bonds. The van der Waals surface area contributed by atoms with Gasteiger partial charge in [0.2, 0.25) is 0 Å². The van der Waals surface area contributed by atoms with Crippen molar-refractivity contribution in [3.8, 4) is 5.75 Å². The van der Waals surface area contributed by atoms with Gasteiger partial charge in [-0.1, -0.05) is 31.0 Å². The molecule has 2 nitrogen and oxygen atoms in total. The molecule has 1 saturated carbocycles. The minimum atomic E-state index is 0.587. The van der Waals surface area contributed by atoms with Crippen molar-refractivity contribution in [2.75, 3.05) is 14.2 Å². The number of likely N-dealkylation sites (N-methyl/N-ethyl adjacent to an activating group) is 1. The van der Waals surface area contributed by atoms with E-state index in [0.717, 1.165) is 18.1 Å². The maximum Gasteiger partial charge on any atom is 0.122 e. The van der Waals surface area contributed by atoms with E-state index in [9.17, 15) is 0 Å². The quantitative estimate of drug-likeness (QED) is 0.794. The molecule has 1 N–H and O–H groups in total.